The van der Waals surface area contributed by atoms with Gasteiger partial charge in [0, 0.05) is 8.07 Å². The van der Waals surface area contributed by atoms with E-state index >= 15 is 0 Å². The summed E-state index contributed by atoms with van der Waals surface area (Å²) in [5.41, 5.74) is 1.03. The Balaban J connectivity index is 2.41. The van der Waals surface area contributed by atoms with Gasteiger partial charge in [0.15, 0.2) is 0 Å². The standard InChI is InChI=1S/C12H23Si/c1-5-6-7-11-8-9-12(10-11)13(2,3)4/h6-8,11-12H,5,9-10H2,1-4H3/b7-6+. The summed E-state index contributed by atoms with van der Waals surface area (Å²) in [5.74, 6) is 0.789. The molecule has 0 aromatic heterocycles. The molecule has 2 atom stereocenters. The van der Waals surface area contributed by atoms with Crippen LogP contribution in [0.2, 0.25) is 25.2 Å². The molecule has 0 aromatic carbocycles. The van der Waals surface area contributed by atoms with E-state index in [4.69, 9.17) is 0 Å². The second-order valence-electron chi connectivity index (χ2n) is 5.27. The Hall–Kier alpha value is -0.0431. The molecule has 0 bridgehead atoms. The normalized spacial score (nSPS) is 30.2. The number of hydrogen-bond acceptors (Lipinski definition) is 0. The van der Waals surface area contributed by atoms with Crippen LogP contribution in [-0.4, -0.2) is 8.07 Å². The van der Waals surface area contributed by atoms with E-state index in [1.165, 1.54) is 19.3 Å². The highest BCUT2D eigenvalue weighted by Crippen LogP contribution is 2.41. The summed E-state index contributed by atoms with van der Waals surface area (Å²) in [7, 11) is -0.870. The van der Waals surface area contributed by atoms with Crippen LogP contribution in [0.3, 0.4) is 0 Å². The van der Waals surface area contributed by atoms with Crippen molar-refractivity contribution in [1.29, 1.82) is 0 Å². The predicted molar refractivity (Wildman–Crippen MR) is 63.6 cm³/mol. The van der Waals surface area contributed by atoms with Gasteiger partial charge in [-0.25, -0.2) is 0 Å². The molecule has 0 spiro atoms. The molecule has 0 heterocycles. The third-order valence-electron chi connectivity index (χ3n) is 3.12. The van der Waals surface area contributed by atoms with Gasteiger partial charge in [0.05, 0.1) is 0 Å². The molecule has 1 aliphatic carbocycles. The highest BCUT2D eigenvalue weighted by molar-refractivity contribution is 6.77. The van der Waals surface area contributed by atoms with Gasteiger partial charge in [0.25, 0.3) is 0 Å². The average Bonchev–Trinajstić information content (AvgIpc) is 2.47. The second kappa shape index (κ2) is 4.45. The smallest absolute Gasteiger partial charge is 0.0474 e. The highest BCUT2D eigenvalue weighted by atomic mass is 28.3. The fourth-order valence-electron chi connectivity index (χ4n) is 2.04. The fraction of sp³-hybridized carbons (Fsp3) is 0.750. The SMILES string of the molecule is CC/C=C/C1[CH]CC([Si](C)(C)C)C1. The van der Waals surface area contributed by atoms with Crippen LogP contribution in [0.5, 0.6) is 0 Å². The van der Waals surface area contributed by atoms with E-state index in [-0.39, 0.29) is 0 Å². The van der Waals surface area contributed by atoms with Crippen LogP contribution in [0.4, 0.5) is 0 Å². The molecule has 0 saturated heterocycles. The molecular formula is C12H23Si. The van der Waals surface area contributed by atoms with Crippen molar-refractivity contribution in [3.05, 3.63) is 18.6 Å². The topological polar surface area (TPSA) is 0 Å². The molecule has 1 radical (unpaired) electrons. The van der Waals surface area contributed by atoms with E-state index in [0.29, 0.717) is 0 Å². The highest BCUT2D eigenvalue weighted by Gasteiger charge is 2.33. The van der Waals surface area contributed by atoms with Crippen molar-refractivity contribution in [2.45, 2.75) is 51.4 Å². The molecule has 1 saturated carbocycles. The lowest BCUT2D eigenvalue weighted by molar-refractivity contribution is 0.743. The third kappa shape index (κ3) is 3.30. The third-order valence-corrected chi connectivity index (χ3v) is 6.04. The van der Waals surface area contributed by atoms with Crippen molar-refractivity contribution in [3.63, 3.8) is 0 Å². The van der Waals surface area contributed by atoms with Crippen LogP contribution < -0.4 is 0 Å². The zero-order valence-corrected chi connectivity index (χ0v) is 10.5. The van der Waals surface area contributed by atoms with Crippen molar-refractivity contribution in [2.75, 3.05) is 0 Å². The lowest BCUT2D eigenvalue weighted by atomic mass is 10.1. The Morgan fingerprint density at radius 1 is 1.38 bits per heavy atom. The van der Waals surface area contributed by atoms with Crippen LogP contribution in [0.25, 0.3) is 0 Å². The van der Waals surface area contributed by atoms with Crippen molar-refractivity contribution in [2.24, 2.45) is 5.92 Å². The molecule has 13 heavy (non-hydrogen) atoms. The summed E-state index contributed by atoms with van der Waals surface area (Å²) in [5, 5.41) is 0. The first-order chi connectivity index (χ1) is 6.04. The summed E-state index contributed by atoms with van der Waals surface area (Å²) >= 11 is 0. The molecule has 1 aliphatic rings. The van der Waals surface area contributed by atoms with Crippen LogP contribution in [0.15, 0.2) is 12.2 Å². The summed E-state index contributed by atoms with van der Waals surface area (Å²) in [6.45, 7) is 9.70. The Morgan fingerprint density at radius 3 is 2.54 bits per heavy atom. The van der Waals surface area contributed by atoms with Gasteiger partial charge in [-0.05, 0) is 37.1 Å². The first-order valence-corrected chi connectivity index (χ1v) is 9.11. The van der Waals surface area contributed by atoms with Gasteiger partial charge in [-0.1, -0.05) is 38.7 Å². The van der Waals surface area contributed by atoms with Crippen molar-refractivity contribution in [1.82, 2.24) is 0 Å². The summed E-state index contributed by atoms with van der Waals surface area (Å²) in [4.78, 5) is 0. The average molecular weight is 195 g/mol. The lowest BCUT2D eigenvalue weighted by Gasteiger charge is -2.24. The molecule has 75 valence electrons. The van der Waals surface area contributed by atoms with Gasteiger partial charge in [0.2, 0.25) is 0 Å². The van der Waals surface area contributed by atoms with Crippen molar-refractivity contribution >= 4 is 8.07 Å². The Kier molecular flexibility index (Phi) is 3.78. The van der Waals surface area contributed by atoms with Crippen LogP contribution in [0.1, 0.15) is 26.2 Å². The molecule has 2 unspecified atom stereocenters. The quantitative estimate of drug-likeness (QED) is 0.466. The Morgan fingerprint density at radius 2 is 2.08 bits per heavy atom. The minimum atomic E-state index is -0.870. The van der Waals surface area contributed by atoms with Crippen LogP contribution in [-0.2, 0) is 0 Å². The summed E-state index contributed by atoms with van der Waals surface area (Å²) in [6, 6.07) is 0. The van der Waals surface area contributed by atoms with Crippen LogP contribution >= 0.6 is 0 Å². The first-order valence-electron chi connectivity index (χ1n) is 5.54. The van der Waals surface area contributed by atoms with Gasteiger partial charge >= 0.3 is 0 Å². The number of hydrogen-bond donors (Lipinski definition) is 0. The molecule has 1 fully saturated rings. The second-order valence-corrected chi connectivity index (χ2v) is 10.8. The van der Waals surface area contributed by atoms with E-state index in [1.807, 2.05) is 0 Å². The monoisotopic (exact) mass is 195 g/mol. The number of rotatable bonds is 3. The predicted octanol–water partition coefficient (Wildman–Crippen LogP) is 4.28. The zero-order valence-electron chi connectivity index (χ0n) is 9.51. The van der Waals surface area contributed by atoms with Crippen molar-refractivity contribution in [3.8, 4) is 0 Å². The molecule has 0 N–H and O–H groups in total. The van der Waals surface area contributed by atoms with Gasteiger partial charge in [-0.2, -0.15) is 0 Å². The summed E-state index contributed by atoms with van der Waals surface area (Å²) in [6.07, 6.45) is 11.2. The van der Waals surface area contributed by atoms with E-state index in [9.17, 15) is 0 Å². The molecular weight excluding hydrogens is 172 g/mol. The molecule has 0 aromatic rings. The van der Waals surface area contributed by atoms with E-state index in [2.05, 4.69) is 45.1 Å². The van der Waals surface area contributed by atoms with E-state index < -0.39 is 8.07 Å². The molecule has 1 heteroatoms. The fourth-order valence-corrected chi connectivity index (χ4v) is 3.86. The molecule has 0 amide bonds. The minimum Gasteiger partial charge on any atom is -0.0885 e. The zero-order chi connectivity index (χ0) is 9.90. The Bertz CT molecular complexity index is 176. The maximum absolute atomic E-state index is 2.52. The van der Waals surface area contributed by atoms with Crippen molar-refractivity contribution < 1.29 is 0 Å². The summed E-state index contributed by atoms with van der Waals surface area (Å²) < 4.78 is 0. The maximum atomic E-state index is 2.52. The minimum absolute atomic E-state index is 0.789. The van der Waals surface area contributed by atoms with Gasteiger partial charge in [-0.15, -0.1) is 0 Å². The maximum Gasteiger partial charge on any atom is 0.0474 e. The van der Waals surface area contributed by atoms with Crippen LogP contribution in [0, 0.1) is 12.3 Å². The van der Waals surface area contributed by atoms with E-state index in [1.54, 1.807) is 0 Å². The van der Waals surface area contributed by atoms with Gasteiger partial charge in [-0.3, -0.25) is 0 Å². The first kappa shape index (κ1) is 11.0. The largest absolute Gasteiger partial charge is 0.0885 e. The molecule has 0 nitrogen and oxygen atoms in total. The number of allylic oxidation sites excluding steroid dienone is 2. The lowest BCUT2D eigenvalue weighted by Crippen LogP contribution is -2.26. The Labute approximate surface area is 84.4 Å². The van der Waals surface area contributed by atoms with Gasteiger partial charge in [0.1, 0.15) is 0 Å². The van der Waals surface area contributed by atoms with E-state index in [0.717, 1.165) is 11.5 Å². The molecule has 1 rings (SSSR count). The van der Waals surface area contributed by atoms with Gasteiger partial charge < -0.3 is 0 Å². The molecule has 0 aliphatic heterocycles.